The van der Waals surface area contributed by atoms with Gasteiger partial charge in [0, 0.05) is 37.7 Å². The van der Waals surface area contributed by atoms with Crippen molar-refractivity contribution in [2.75, 3.05) is 19.0 Å². The van der Waals surface area contributed by atoms with E-state index in [4.69, 9.17) is 4.74 Å². The van der Waals surface area contributed by atoms with Crippen molar-refractivity contribution in [3.63, 3.8) is 0 Å². The summed E-state index contributed by atoms with van der Waals surface area (Å²) in [6, 6.07) is 15.3. The van der Waals surface area contributed by atoms with E-state index in [1.807, 2.05) is 48.5 Å². The fourth-order valence-electron chi connectivity index (χ4n) is 2.79. The van der Waals surface area contributed by atoms with E-state index in [1.165, 1.54) is 6.92 Å². The molecule has 0 unspecified atom stereocenters. The number of hydrogen-bond acceptors (Lipinski definition) is 3. The molecule has 5 nitrogen and oxygen atoms in total. The number of carbonyl (C=O) groups is 2. The Morgan fingerprint density at radius 1 is 1.04 bits per heavy atom. The maximum Gasteiger partial charge on any atom is 0.226 e. The first-order valence-electron chi connectivity index (χ1n) is 8.80. The van der Waals surface area contributed by atoms with E-state index < -0.39 is 0 Å². The van der Waals surface area contributed by atoms with E-state index in [0.29, 0.717) is 13.1 Å². The number of anilines is 1. The molecule has 0 heterocycles. The molecular weight excluding hydrogens is 328 g/mol. The van der Waals surface area contributed by atoms with Crippen LogP contribution >= 0.6 is 0 Å². The Labute approximate surface area is 155 Å². The molecule has 0 aromatic heterocycles. The second-order valence-corrected chi connectivity index (χ2v) is 6.06. The predicted octanol–water partition coefficient (Wildman–Crippen LogP) is 3.63. The number of carbonyl (C=O) groups excluding carboxylic acids is 2. The van der Waals surface area contributed by atoms with Gasteiger partial charge in [-0.2, -0.15) is 0 Å². The first-order chi connectivity index (χ1) is 12.5. The molecule has 2 amide bonds. The standard InChI is InChI=1S/C21H26N2O3/c1-4-17-9-5-7-11-19(17)22-21(25)13-14-23(16(2)24)15-18-10-6-8-12-20(18)26-3/h5-12H,4,13-15H2,1-3H3,(H,22,25). The minimum atomic E-state index is -0.0998. The largest absolute Gasteiger partial charge is 0.496 e. The van der Waals surface area contributed by atoms with E-state index in [9.17, 15) is 9.59 Å². The number of nitrogens with zero attached hydrogens (tertiary/aromatic N) is 1. The third kappa shape index (κ3) is 5.34. The van der Waals surface area contributed by atoms with Crippen LogP contribution in [0.1, 0.15) is 31.4 Å². The Balaban J connectivity index is 1.98. The molecule has 26 heavy (non-hydrogen) atoms. The number of para-hydroxylation sites is 2. The van der Waals surface area contributed by atoms with Crippen LogP contribution in [0.4, 0.5) is 5.69 Å². The zero-order valence-corrected chi connectivity index (χ0v) is 15.6. The fraction of sp³-hybridized carbons (Fsp3) is 0.333. The smallest absolute Gasteiger partial charge is 0.226 e. The average Bonchev–Trinajstić information content (AvgIpc) is 2.65. The molecule has 0 aliphatic carbocycles. The van der Waals surface area contributed by atoms with Crippen LogP contribution < -0.4 is 10.1 Å². The Kier molecular flexibility index (Phi) is 7.21. The first-order valence-corrected chi connectivity index (χ1v) is 8.80. The molecule has 5 heteroatoms. The third-order valence-electron chi connectivity index (χ3n) is 4.28. The van der Waals surface area contributed by atoms with Crippen molar-refractivity contribution in [3.8, 4) is 5.75 Å². The topological polar surface area (TPSA) is 58.6 Å². The second-order valence-electron chi connectivity index (χ2n) is 6.06. The highest BCUT2D eigenvalue weighted by Gasteiger charge is 2.14. The number of hydrogen-bond donors (Lipinski definition) is 1. The van der Waals surface area contributed by atoms with Crippen LogP contribution in [0.5, 0.6) is 5.75 Å². The number of nitrogens with one attached hydrogen (secondary N) is 1. The molecule has 0 aliphatic rings. The summed E-state index contributed by atoms with van der Waals surface area (Å²) in [6.45, 7) is 4.33. The number of ether oxygens (including phenoxy) is 1. The van der Waals surface area contributed by atoms with Gasteiger partial charge in [0.25, 0.3) is 0 Å². The van der Waals surface area contributed by atoms with E-state index in [0.717, 1.165) is 29.0 Å². The lowest BCUT2D eigenvalue weighted by atomic mass is 10.1. The van der Waals surface area contributed by atoms with Crippen LogP contribution in [-0.2, 0) is 22.6 Å². The van der Waals surface area contributed by atoms with Crippen molar-refractivity contribution in [1.29, 1.82) is 0 Å². The number of methoxy groups -OCH3 is 1. The van der Waals surface area contributed by atoms with Crippen LogP contribution in [0, 0.1) is 0 Å². The summed E-state index contributed by atoms with van der Waals surface area (Å²) in [4.78, 5) is 25.9. The van der Waals surface area contributed by atoms with Gasteiger partial charge in [0.1, 0.15) is 5.75 Å². The van der Waals surface area contributed by atoms with Gasteiger partial charge in [-0.05, 0) is 24.1 Å². The molecule has 0 fully saturated rings. The summed E-state index contributed by atoms with van der Waals surface area (Å²) < 4.78 is 5.34. The molecule has 0 saturated heterocycles. The highest BCUT2D eigenvalue weighted by molar-refractivity contribution is 5.91. The van der Waals surface area contributed by atoms with Crippen LogP contribution in [0.25, 0.3) is 0 Å². The molecule has 0 spiro atoms. The molecule has 0 aliphatic heterocycles. The average molecular weight is 354 g/mol. The van der Waals surface area contributed by atoms with Gasteiger partial charge in [0.2, 0.25) is 11.8 Å². The van der Waals surface area contributed by atoms with Crippen molar-refractivity contribution < 1.29 is 14.3 Å². The van der Waals surface area contributed by atoms with Gasteiger partial charge >= 0.3 is 0 Å². The molecule has 0 bridgehead atoms. The highest BCUT2D eigenvalue weighted by Crippen LogP contribution is 2.20. The van der Waals surface area contributed by atoms with E-state index in [-0.39, 0.29) is 18.2 Å². The van der Waals surface area contributed by atoms with E-state index in [2.05, 4.69) is 12.2 Å². The minimum absolute atomic E-state index is 0.0716. The summed E-state index contributed by atoms with van der Waals surface area (Å²) in [6.07, 6.45) is 1.09. The number of rotatable bonds is 8. The monoisotopic (exact) mass is 354 g/mol. The Bertz CT molecular complexity index is 758. The molecule has 1 N–H and O–H groups in total. The molecule has 0 radical (unpaired) electrons. The molecular formula is C21H26N2O3. The maximum atomic E-state index is 12.3. The first kappa shape index (κ1) is 19.5. The van der Waals surface area contributed by atoms with Crippen molar-refractivity contribution >= 4 is 17.5 Å². The quantitative estimate of drug-likeness (QED) is 0.787. The van der Waals surface area contributed by atoms with Crippen molar-refractivity contribution in [1.82, 2.24) is 4.90 Å². The zero-order chi connectivity index (χ0) is 18.9. The maximum absolute atomic E-state index is 12.3. The van der Waals surface area contributed by atoms with E-state index in [1.54, 1.807) is 12.0 Å². The van der Waals surface area contributed by atoms with Crippen molar-refractivity contribution in [2.24, 2.45) is 0 Å². The summed E-state index contributed by atoms with van der Waals surface area (Å²) >= 11 is 0. The number of benzene rings is 2. The molecule has 138 valence electrons. The van der Waals surface area contributed by atoms with Gasteiger partial charge in [-0.3, -0.25) is 9.59 Å². The van der Waals surface area contributed by atoms with Crippen LogP contribution in [0.2, 0.25) is 0 Å². The van der Waals surface area contributed by atoms with E-state index >= 15 is 0 Å². The molecule has 0 atom stereocenters. The fourth-order valence-corrected chi connectivity index (χ4v) is 2.79. The molecule has 2 aromatic rings. The van der Waals surface area contributed by atoms with Gasteiger partial charge in [-0.15, -0.1) is 0 Å². The second kappa shape index (κ2) is 9.61. The normalized spacial score (nSPS) is 10.3. The van der Waals surface area contributed by atoms with Gasteiger partial charge in [-0.1, -0.05) is 43.3 Å². The van der Waals surface area contributed by atoms with Gasteiger partial charge in [-0.25, -0.2) is 0 Å². The van der Waals surface area contributed by atoms with Crippen LogP contribution in [-0.4, -0.2) is 30.4 Å². The molecule has 2 aromatic carbocycles. The van der Waals surface area contributed by atoms with Gasteiger partial charge < -0.3 is 15.0 Å². The Morgan fingerprint density at radius 3 is 2.35 bits per heavy atom. The zero-order valence-electron chi connectivity index (χ0n) is 15.6. The summed E-state index contributed by atoms with van der Waals surface area (Å²) in [7, 11) is 1.61. The number of aryl methyl sites for hydroxylation is 1. The summed E-state index contributed by atoms with van der Waals surface area (Å²) in [5, 5.41) is 2.94. The molecule has 0 saturated carbocycles. The third-order valence-corrected chi connectivity index (χ3v) is 4.28. The Hall–Kier alpha value is -2.82. The highest BCUT2D eigenvalue weighted by atomic mass is 16.5. The Morgan fingerprint density at radius 2 is 1.69 bits per heavy atom. The van der Waals surface area contributed by atoms with Crippen molar-refractivity contribution in [3.05, 3.63) is 59.7 Å². The minimum Gasteiger partial charge on any atom is -0.496 e. The lowest BCUT2D eigenvalue weighted by Gasteiger charge is -2.22. The van der Waals surface area contributed by atoms with Crippen LogP contribution in [0.15, 0.2) is 48.5 Å². The lowest BCUT2D eigenvalue weighted by molar-refractivity contribution is -0.129. The lowest BCUT2D eigenvalue weighted by Crippen LogP contribution is -2.31. The van der Waals surface area contributed by atoms with Crippen LogP contribution in [0.3, 0.4) is 0 Å². The predicted molar refractivity (Wildman–Crippen MR) is 103 cm³/mol. The van der Waals surface area contributed by atoms with Gasteiger partial charge in [0.15, 0.2) is 0 Å². The summed E-state index contributed by atoms with van der Waals surface area (Å²) in [5.41, 5.74) is 2.85. The molecule has 2 rings (SSSR count). The summed E-state index contributed by atoms with van der Waals surface area (Å²) in [5.74, 6) is 0.565. The van der Waals surface area contributed by atoms with Crippen molar-refractivity contribution in [2.45, 2.75) is 33.2 Å². The SMILES string of the molecule is CCc1ccccc1NC(=O)CCN(Cc1ccccc1OC)C(C)=O. The van der Waals surface area contributed by atoms with Gasteiger partial charge in [0.05, 0.1) is 7.11 Å². The number of amides is 2.